The van der Waals surface area contributed by atoms with E-state index in [1.165, 1.54) is 6.20 Å². The van der Waals surface area contributed by atoms with Crippen molar-refractivity contribution in [2.75, 3.05) is 13.7 Å². The number of ether oxygens (including phenoxy) is 1. The number of aryl methyl sites for hydroxylation is 1. The number of allylic oxidation sites excluding steroid dienone is 1. The van der Waals surface area contributed by atoms with Crippen LogP contribution in [-0.4, -0.2) is 50.3 Å². The monoisotopic (exact) mass is 461 g/mol. The van der Waals surface area contributed by atoms with Crippen molar-refractivity contribution in [3.05, 3.63) is 46.9 Å². The fraction of sp³-hybridized carbons (Fsp3) is 0.375. The zero-order valence-corrected chi connectivity index (χ0v) is 19.4. The molecule has 2 atom stereocenters. The fourth-order valence-corrected chi connectivity index (χ4v) is 4.60. The Labute approximate surface area is 195 Å². The minimum absolute atomic E-state index is 0.0721. The van der Waals surface area contributed by atoms with E-state index in [-0.39, 0.29) is 17.8 Å². The number of nitrogens with two attached hydrogens (primary N) is 1. The predicted molar refractivity (Wildman–Crippen MR) is 131 cm³/mol. The molecule has 10 nitrogen and oxygen atoms in total. The van der Waals surface area contributed by atoms with Gasteiger partial charge in [-0.05, 0) is 31.4 Å². The molecule has 34 heavy (non-hydrogen) atoms. The summed E-state index contributed by atoms with van der Waals surface area (Å²) in [5.74, 6) is 0. The molecule has 1 fully saturated rings. The van der Waals surface area contributed by atoms with Gasteiger partial charge < -0.3 is 14.9 Å². The number of aromatic nitrogens is 5. The average molecular weight is 462 g/mol. The third kappa shape index (κ3) is 3.69. The highest BCUT2D eigenvalue weighted by atomic mass is 16.5. The number of fused-ring (bicyclic) bond motifs is 3. The van der Waals surface area contributed by atoms with Crippen LogP contribution in [0.4, 0.5) is 0 Å². The summed E-state index contributed by atoms with van der Waals surface area (Å²) in [7, 11) is 3.49. The molecule has 5 rings (SSSR count). The normalized spacial score (nSPS) is 19.6. The van der Waals surface area contributed by atoms with Crippen molar-refractivity contribution in [2.45, 2.75) is 38.3 Å². The van der Waals surface area contributed by atoms with E-state index in [9.17, 15) is 4.79 Å². The van der Waals surface area contributed by atoms with Crippen LogP contribution in [0.2, 0.25) is 0 Å². The summed E-state index contributed by atoms with van der Waals surface area (Å²) >= 11 is 0. The Balaban J connectivity index is 1.82. The molecule has 4 aromatic heterocycles. The number of pyridine rings is 1. The van der Waals surface area contributed by atoms with Crippen LogP contribution < -0.4 is 11.4 Å². The van der Waals surface area contributed by atoms with Crippen LogP contribution in [0.15, 0.2) is 44.9 Å². The Hall–Kier alpha value is -3.79. The first-order valence-electron chi connectivity index (χ1n) is 11.3. The summed E-state index contributed by atoms with van der Waals surface area (Å²) < 4.78 is 15.5. The Bertz CT molecular complexity index is 1480. The highest BCUT2D eigenvalue weighted by Gasteiger charge is 2.29. The SMILES string of the molecule is CC[C@H]1C[C@@H](n2c(=O)nc(-c3cnn(C)c3)c3oc4ccc(C(C=NC)=CN)nc4c32)CCO1. The van der Waals surface area contributed by atoms with E-state index in [1.54, 1.807) is 28.7 Å². The van der Waals surface area contributed by atoms with Crippen molar-refractivity contribution in [3.63, 3.8) is 0 Å². The molecule has 0 saturated carbocycles. The van der Waals surface area contributed by atoms with Gasteiger partial charge in [0.1, 0.15) is 16.7 Å². The molecule has 0 radical (unpaired) electrons. The molecule has 0 aliphatic carbocycles. The third-order valence-electron chi connectivity index (χ3n) is 6.26. The van der Waals surface area contributed by atoms with Crippen molar-refractivity contribution in [3.8, 4) is 11.3 Å². The van der Waals surface area contributed by atoms with Crippen molar-refractivity contribution in [1.82, 2.24) is 24.3 Å². The maximum absolute atomic E-state index is 13.5. The van der Waals surface area contributed by atoms with Gasteiger partial charge in [-0.15, -0.1) is 0 Å². The van der Waals surface area contributed by atoms with Crippen LogP contribution in [0.25, 0.3) is 39.0 Å². The zero-order valence-electron chi connectivity index (χ0n) is 19.4. The Morgan fingerprint density at radius 2 is 2.21 bits per heavy atom. The second-order valence-corrected chi connectivity index (χ2v) is 8.43. The van der Waals surface area contributed by atoms with Crippen LogP contribution >= 0.6 is 0 Å². The molecule has 0 aromatic carbocycles. The third-order valence-corrected chi connectivity index (χ3v) is 6.26. The molecule has 0 amide bonds. The smallest absolute Gasteiger partial charge is 0.349 e. The van der Waals surface area contributed by atoms with Gasteiger partial charge in [0, 0.05) is 56.5 Å². The molecule has 5 heterocycles. The molecule has 1 saturated heterocycles. The molecule has 0 bridgehead atoms. The van der Waals surface area contributed by atoms with Gasteiger partial charge in [0.05, 0.1) is 18.0 Å². The van der Waals surface area contributed by atoms with Crippen molar-refractivity contribution < 1.29 is 9.15 Å². The van der Waals surface area contributed by atoms with Crippen LogP contribution in [0, 0.1) is 0 Å². The average Bonchev–Trinajstić information content (AvgIpc) is 3.45. The number of aliphatic imine (C=N–C) groups is 1. The van der Waals surface area contributed by atoms with E-state index < -0.39 is 0 Å². The summed E-state index contributed by atoms with van der Waals surface area (Å²) in [6, 6.07) is 3.59. The molecule has 0 spiro atoms. The molecule has 4 aromatic rings. The zero-order chi connectivity index (χ0) is 23.8. The Morgan fingerprint density at radius 1 is 1.35 bits per heavy atom. The van der Waals surface area contributed by atoms with Crippen molar-refractivity contribution in [2.24, 2.45) is 17.8 Å². The highest BCUT2D eigenvalue weighted by Crippen LogP contribution is 2.36. The Morgan fingerprint density at radius 3 is 2.91 bits per heavy atom. The van der Waals surface area contributed by atoms with E-state index >= 15 is 0 Å². The van der Waals surface area contributed by atoms with Gasteiger partial charge in [0.25, 0.3) is 0 Å². The lowest BCUT2D eigenvalue weighted by Gasteiger charge is -2.30. The summed E-state index contributed by atoms with van der Waals surface area (Å²) in [5, 5.41) is 4.24. The summed E-state index contributed by atoms with van der Waals surface area (Å²) in [6.07, 6.45) is 9.00. The minimum Gasteiger partial charge on any atom is -0.450 e. The number of hydrogen-bond acceptors (Lipinski definition) is 8. The van der Waals surface area contributed by atoms with Gasteiger partial charge in [-0.2, -0.15) is 10.1 Å². The Kier molecular flexibility index (Phi) is 5.74. The van der Waals surface area contributed by atoms with Crippen molar-refractivity contribution >= 4 is 34.0 Å². The highest BCUT2D eigenvalue weighted by molar-refractivity contribution is 6.10. The first-order valence-corrected chi connectivity index (χ1v) is 11.3. The van der Waals surface area contributed by atoms with Gasteiger partial charge in [-0.3, -0.25) is 14.2 Å². The van der Waals surface area contributed by atoms with E-state index in [0.717, 1.165) is 12.8 Å². The second-order valence-electron chi connectivity index (χ2n) is 8.43. The van der Waals surface area contributed by atoms with Gasteiger partial charge >= 0.3 is 5.69 Å². The minimum atomic E-state index is -0.340. The molecule has 0 unspecified atom stereocenters. The molecular formula is C24H27N7O3. The first-order chi connectivity index (χ1) is 16.5. The first kappa shape index (κ1) is 22.0. The number of rotatable bonds is 5. The molecule has 10 heteroatoms. The predicted octanol–water partition coefficient (Wildman–Crippen LogP) is 3.07. The lowest BCUT2D eigenvalue weighted by molar-refractivity contribution is -0.00710. The largest absolute Gasteiger partial charge is 0.450 e. The quantitative estimate of drug-likeness (QED) is 0.453. The molecule has 2 N–H and O–H groups in total. The number of hydrogen-bond donors (Lipinski definition) is 1. The molecule has 1 aliphatic rings. The second kappa shape index (κ2) is 8.86. The van der Waals surface area contributed by atoms with Gasteiger partial charge in [-0.25, -0.2) is 9.78 Å². The van der Waals surface area contributed by atoms with Gasteiger partial charge in [0.15, 0.2) is 11.2 Å². The van der Waals surface area contributed by atoms with Crippen molar-refractivity contribution in [1.29, 1.82) is 0 Å². The standard InChI is InChI=1S/C24H27N7O3/c1-4-17-9-16(7-8-33-17)31-22-21-19(6-5-18(28-21)14(10-25)11-26-2)34-23(22)20(29-24(31)32)15-12-27-30(3)13-15/h5-6,10-13,16-17H,4,7-9,25H2,1-3H3/t16-,17-/m0/s1. The van der Waals surface area contributed by atoms with Crippen LogP contribution in [0.1, 0.15) is 37.9 Å². The van der Waals surface area contributed by atoms with E-state index in [2.05, 4.69) is 22.0 Å². The summed E-state index contributed by atoms with van der Waals surface area (Å²) in [4.78, 5) is 26.9. The van der Waals surface area contributed by atoms with Gasteiger partial charge in [0.2, 0.25) is 0 Å². The lowest BCUT2D eigenvalue weighted by Crippen LogP contribution is -2.34. The number of furan rings is 1. The maximum Gasteiger partial charge on any atom is 0.349 e. The van der Waals surface area contributed by atoms with Crippen LogP contribution in [0.3, 0.4) is 0 Å². The molecule has 176 valence electrons. The fourth-order valence-electron chi connectivity index (χ4n) is 4.60. The van der Waals surface area contributed by atoms with Crippen LogP contribution in [-0.2, 0) is 11.8 Å². The van der Waals surface area contributed by atoms with E-state index in [4.69, 9.17) is 19.9 Å². The van der Waals surface area contributed by atoms with E-state index in [0.29, 0.717) is 57.8 Å². The van der Waals surface area contributed by atoms with E-state index in [1.807, 2.05) is 25.4 Å². The van der Waals surface area contributed by atoms with Crippen LogP contribution in [0.5, 0.6) is 0 Å². The topological polar surface area (TPSA) is 126 Å². The summed E-state index contributed by atoms with van der Waals surface area (Å²) in [5.41, 5.74) is 10.2. The maximum atomic E-state index is 13.5. The molecular weight excluding hydrogens is 434 g/mol. The molecule has 1 aliphatic heterocycles. The van der Waals surface area contributed by atoms with Gasteiger partial charge in [-0.1, -0.05) is 6.92 Å². The lowest BCUT2D eigenvalue weighted by atomic mass is 10.0. The number of nitrogens with zero attached hydrogens (tertiary/aromatic N) is 6. The summed E-state index contributed by atoms with van der Waals surface area (Å²) in [6.45, 7) is 2.68.